The third-order valence-corrected chi connectivity index (χ3v) is 4.88. The van der Waals surface area contributed by atoms with Crippen molar-refractivity contribution in [3.8, 4) is 5.75 Å². The molecule has 1 atom stereocenters. The van der Waals surface area contributed by atoms with Gasteiger partial charge in [-0.05, 0) is 12.0 Å². The molecule has 1 unspecified atom stereocenters. The van der Waals surface area contributed by atoms with Gasteiger partial charge >= 0.3 is 0 Å². The van der Waals surface area contributed by atoms with Crippen LogP contribution < -0.4 is 15.4 Å². The minimum absolute atomic E-state index is 0.00545. The van der Waals surface area contributed by atoms with Crippen LogP contribution in [0, 0.1) is 5.92 Å². The molecule has 0 spiro atoms. The molecule has 1 aliphatic rings. The molecule has 0 fully saturated rings. The number of hydrogen-bond donors (Lipinski definition) is 2. The van der Waals surface area contributed by atoms with Crippen molar-refractivity contribution >= 4 is 28.2 Å². The number of nitrogens with zero attached hydrogens (tertiary/aromatic N) is 1. The van der Waals surface area contributed by atoms with Gasteiger partial charge in [-0.25, -0.2) is 4.98 Å². The Balaban J connectivity index is 1.98. The Morgan fingerprint density at radius 3 is 2.96 bits per heavy atom. The number of ether oxygens (including phenoxy) is 1. The summed E-state index contributed by atoms with van der Waals surface area (Å²) in [4.78, 5) is 17.6. The molecule has 2 aromatic rings. The predicted molar refractivity (Wildman–Crippen MR) is 93.5 cm³/mol. The summed E-state index contributed by atoms with van der Waals surface area (Å²) < 4.78 is 5.97. The molecule has 1 aromatic heterocycles. The third kappa shape index (κ3) is 3.32. The quantitative estimate of drug-likeness (QED) is 0.877. The van der Waals surface area contributed by atoms with Crippen molar-refractivity contribution < 1.29 is 9.53 Å². The van der Waals surface area contributed by atoms with Crippen LogP contribution in [0.3, 0.4) is 0 Å². The second-order valence-corrected chi connectivity index (χ2v) is 7.06. The Morgan fingerprint density at radius 2 is 2.22 bits per heavy atom. The molecule has 0 saturated carbocycles. The third-order valence-electron chi connectivity index (χ3n) is 3.70. The standard InChI is InChI=1S/C17H21N3O2S/c1-10(2)9-22-13-7-5-4-6-11(13)12-8-14(21)19-16-15(12)23-17(18-3)20-16/h4-7,10,12H,8-9H2,1-3H3,(H,18,20)(H,19,21). The molecule has 1 aromatic carbocycles. The summed E-state index contributed by atoms with van der Waals surface area (Å²) in [5.74, 6) is 1.95. The van der Waals surface area contributed by atoms with Crippen LogP contribution >= 0.6 is 11.3 Å². The Kier molecular flexibility index (Phi) is 4.52. The highest BCUT2D eigenvalue weighted by Gasteiger charge is 2.31. The molecular formula is C17H21N3O2S. The molecule has 6 heteroatoms. The smallest absolute Gasteiger partial charge is 0.226 e. The molecule has 3 rings (SSSR count). The normalized spacial score (nSPS) is 16.9. The van der Waals surface area contributed by atoms with Crippen molar-refractivity contribution in [2.45, 2.75) is 26.2 Å². The van der Waals surface area contributed by atoms with Gasteiger partial charge in [0.1, 0.15) is 11.6 Å². The van der Waals surface area contributed by atoms with E-state index in [1.54, 1.807) is 11.3 Å². The fourth-order valence-electron chi connectivity index (χ4n) is 2.63. The lowest BCUT2D eigenvalue weighted by Crippen LogP contribution is -2.23. The van der Waals surface area contributed by atoms with Gasteiger partial charge in [-0.15, -0.1) is 0 Å². The lowest BCUT2D eigenvalue weighted by molar-refractivity contribution is -0.116. The van der Waals surface area contributed by atoms with Crippen LogP contribution in [0.1, 0.15) is 36.6 Å². The summed E-state index contributed by atoms with van der Waals surface area (Å²) >= 11 is 1.58. The average Bonchev–Trinajstić information content (AvgIpc) is 2.95. The molecule has 23 heavy (non-hydrogen) atoms. The minimum Gasteiger partial charge on any atom is -0.493 e. The average molecular weight is 331 g/mol. The topological polar surface area (TPSA) is 63.3 Å². The van der Waals surface area contributed by atoms with Crippen molar-refractivity contribution in [1.29, 1.82) is 0 Å². The van der Waals surface area contributed by atoms with Gasteiger partial charge in [0.05, 0.1) is 11.5 Å². The number of benzene rings is 1. The number of amides is 1. The first-order valence-corrected chi connectivity index (χ1v) is 8.60. The number of fused-ring (bicyclic) bond motifs is 1. The number of hydrogen-bond acceptors (Lipinski definition) is 5. The van der Waals surface area contributed by atoms with E-state index >= 15 is 0 Å². The van der Waals surface area contributed by atoms with E-state index in [1.807, 2.05) is 31.3 Å². The summed E-state index contributed by atoms with van der Waals surface area (Å²) in [6, 6.07) is 7.98. The summed E-state index contributed by atoms with van der Waals surface area (Å²) in [6.45, 7) is 4.90. The molecule has 0 aliphatic carbocycles. The molecule has 5 nitrogen and oxygen atoms in total. The number of anilines is 2. The van der Waals surface area contributed by atoms with Gasteiger partial charge in [0.25, 0.3) is 0 Å². The van der Waals surface area contributed by atoms with E-state index in [4.69, 9.17) is 4.74 Å². The summed E-state index contributed by atoms with van der Waals surface area (Å²) in [7, 11) is 1.83. The Labute approximate surface area is 140 Å². The van der Waals surface area contributed by atoms with Crippen molar-refractivity contribution in [1.82, 2.24) is 4.98 Å². The maximum Gasteiger partial charge on any atom is 0.226 e. The molecule has 0 saturated heterocycles. The number of aromatic nitrogens is 1. The minimum atomic E-state index is -0.0123. The van der Waals surface area contributed by atoms with E-state index in [2.05, 4.69) is 29.5 Å². The zero-order chi connectivity index (χ0) is 16.4. The maximum absolute atomic E-state index is 12.1. The number of rotatable bonds is 5. The largest absolute Gasteiger partial charge is 0.493 e. The van der Waals surface area contributed by atoms with E-state index in [1.165, 1.54) is 0 Å². The fourth-order valence-corrected chi connectivity index (χ4v) is 3.63. The van der Waals surface area contributed by atoms with Crippen LogP contribution in [0.2, 0.25) is 0 Å². The lowest BCUT2D eigenvalue weighted by Gasteiger charge is -2.24. The van der Waals surface area contributed by atoms with Crippen LogP contribution in [0.25, 0.3) is 0 Å². The number of nitrogens with one attached hydrogen (secondary N) is 2. The van der Waals surface area contributed by atoms with Crippen molar-refractivity contribution in [3.05, 3.63) is 34.7 Å². The second-order valence-electron chi connectivity index (χ2n) is 6.03. The zero-order valence-electron chi connectivity index (χ0n) is 13.6. The van der Waals surface area contributed by atoms with Gasteiger partial charge in [-0.3, -0.25) is 4.79 Å². The van der Waals surface area contributed by atoms with Crippen LogP contribution in [0.15, 0.2) is 24.3 Å². The molecule has 0 bridgehead atoms. The fraction of sp³-hybridized carbons (Fsp3) is 0.412. The van der Waals surface area contributed by atoms with Crippen LogP contribution in [-0.2, 0) is 4.79 Å². The summed E-state index contributed by atoms with van der Waals surface area (Å²) in [5.41, 5.74) is 1.05. The molecule has 1 amide bonds. The number of para-hydroxylation sites is 1. The Hall–Kier alpha value is -2.08. The zero-order valence-corrected chi connectivity index (χ0v) is 14.4. The van der Waals surface area contributed by atoms with Gasteiger partial charge in [-0.2, -0.15) is 0 Å². The van der Waals surface area contributed by atoms with E-state index in [-0.39, 0.29) is 11.8 Å². The molecular weight excluding hydrogens is 310 g/mol. The second kappa shape index (κ2) is 6.58. The van der Waals surface area contributed by atoms with Gasteiger partial charge < -0.3 is 15.4 Å². The first-order valence-electron chi connectivity index (χ1n) is 7.78. The van der Waals surface area contributed by atoms with E-state index in [0.717, 1.165) is 21.3 Å². The van der Waals surface area contributed by atoms with Gasteiger partial charge in [0.2, 0.25) is 5.91 Å². The van der Waals surface area contributed by atoms with E-state index < -0.39 is 0 Å². The highest BCUT2D eigenvalue weighted by molar-refractivity contribution is 7.16. The summed E-state index contributed by atoms with van der Waals surface area (Å²) in [5, 5.41) is 6.72. The molecule has 2 heterocycles. The van der Waals surface area contributed by atoms with Gasteiger partial charge in [0, 0.05) is 24.9 Å². The highest BCUT2D eigenvalue weighted by atomic mass is 32.1. The van der Waals surface area contributed by atoms with Crippen LogP contribution in [-0.4, -0.2) is 24.5 Å². The Morgan fingerprint density at radius 1 is 1.43 bits per heavy atom. The Bertz CT molecular complexity index is 712. The highest BCUT2D eigenvalue weighted by Crippen LogP contribution is 2.44. The van der Waals surface area contributed by atoms with Crippen molar-refractivity contribution in [2.75, 3.05) is 24.3 Å². The number of thiazole rings is 1. The predicted octanol–water partition coefficient (Wildman–Crippen LogP) is 3.69. The maximum atomic E-state index is 12.1. The van der Waals surface area contributed by atoms with Crippen molar-refractivity contribution in [2.24, 2.45) is 5.92 Å². The molecule has 122 valence electrons. The number of carbonyl (C=O) groups is 1. The van der Waals surface area contributed by atoms with Crippen LogP contribution in [0.4, 0.5) is 10.9 Å². The molecule has 0 radical (unpaired) electrons. The summed E-state index contributed by atoms with van der Waals surface area (Å²) in [6.07, 6.45) is 0.417. The van der Waals surface area contributed by atoms with E-state index in [0.29, 0.717) is 24.8 Å². The van der Waals surface area contributed by atoms with Crippen molar-refractivity contribution in [3.63, 3.8) is 0 Å². The molecule has 2 N–H and O–H groups in total. The first kappa shape index (κ1) is 15.8. The van der Waals surface area contributed by atoms with Gasteiger partial charge in [0.15, 0.2) is 5.13 Å². The lowest BCUT2D eigenvalue weighted by atomic mass is 9.91. The molecule has 1 aliphatic heterocycles. The SMILES string of the molecule is CNc1nc2c(s1)C(c1ccccc1OCC(C)C)CC(=O)N2. The van der Waals surface area contributed by atoms with E-state index in [9.17, 15) is 4.79 Å². The van der Waals surface area contributed by atoms with Gasteiger partial charge in [-0.1, -0.05) is 43.4 Å². The number of carbonyl (C=O) groups excluding carboxylic acids is 1. The first-order chi connectivity index (χ1) is 11.1. The monoisotopic (exact) mass is 331 g/mol. The van der Waals surface area contributed by atoms with Crippen LogP contribution in [0.5, 0.6) is 5.75 Å².